The molecule has 1 heterocycles. The summed E-state index contributed by atoms with van der Waals surface area (Å²) in [6.45, 7) is 7.87. The van der Waals surface area contributed by atoms with Crippen LogP contribution < -0.4 is 10.2 Å². The molecule has 0 aromatic heterocycles. The van der Waals surface area contributed by atoms with Crippen LogP contribution in [0.25, 0.3) is 0 Å². The van der Waals surface area contributed by atoms with Crippen LogP contribution in [0.1, 0.15) is 19.3 Å². The van der Waals surface area contributed by atoms with Gasteiger partial charge in [0.15, 0.2) is 0 Å². The van der Waals surface area contributed by atoms with Gasteiger partial charge in [-0.15, -0.1) is 0 Å². The first-order valence-corrected chi connectivity index (χ1v) is 8.25. The van der Waals surface area contributed by atoms with Crippen molar-refractivity contribution in [2.45, 2.75) is 19.3 Å². The lowest BCUT2D eigenvalue weighted by molar-refractivity contribution is 0.254. The number of nitrogens with one attached hydrogen (secondary N) is 1. The molecule has 3 rings (SSSR count). The van der Waals surface area contributed by atoms with Crippen LogP contribution in [0.15, 0.2) is 24.3 Å². The fraction of sp³-hybridized carbons (Fsp3) is 0.647. The summed E-state index contributed by atoms with van der Waals surface area (Å²) in [5.74, 6) is 0.820. The summed E-state index contributed by atoms with van der Waals surface area (Å²) in [5, 5.41) is 3.55. The van der Waals surface area contributed by atoms with Crippen molar-refractivity contribution in [2.24, 2.45) is 5.92 Å². The average Bonchev–Trinajstić information content (AvgIpc) is 3.33. The van der Waals surface area contributed by atoms with Crippen LogP contribution in [-0.4, -0.2) is 50.7 Å². The third-order valence-electron chi connectivity index (χ3n) is 4.52. The molecule has 1 saturated heterocycles. The summed E-state index contributed by atoms with van der Waals surface area (Å²) < 4.78 is 12.9. The Hall–Kier alpha value is -1.13. The zero-order valence-electron chi connectivity index (χ0n) is 12.7. The molecule has 1 saturated carbocycles. The van der Waals surface area contributed by atoms with E-state index in [9.17, 15) is 4.39 Å². The molecule has 1 N–H and O–H groups in total. The van der Waals surface area contributed by atoms with Gasteiger partial charge in [0.1, 0.15) is 5.82 Å². The predicted molar refractivity (Wildman–Crippen MR) is 85.3 cm³/mol. The topological polar surface area (TPSA) is 18.5 Å². The van der Waals surface area contributed by atoms with Gasteiger partial charge in [0, 0.05) is 31.9 Å². The molecule has 116 valence electrons. The second-order valence-corrected chi connectivity index (χ2v) is 6.31. The zero-order chi connectivity index (χ0) is 14.5. The number of benzene rings is 1. The third kappa shape index (κ3) is 4.68. The number of nitrogens with zero attached hydrogens (tertiary/aromatic N) is 2. The summed E-state index contributed by atoms with van der Waals surface area (Å²) in [6.07, 6.45) is 4.10. The van der Waals surface area contributed by atoms with Crippen molar-refractivity contribution < 1.29 is 4.39 Å². The van der Waals surface area contributed by atoms with Crippen LogP contribution in [0, 0.1) is 11.7 Å². The van der Waals surface area contributed by atoms with Crippen molar-refractivity contribution >= 4 is 5.69 Å². The van der Waals surface area contributed by atoms with Crippen molar-refractivity contribution in [3.63, 3.8) is 0 Å². The third-order valence-corrected chi connectivity index (χ3v) is 4.52. The highest BCUT2D eigenvalue weighted by Crippen LogP contribution is 2.27. The van der Waals surface area contributed by atoms with Gasteiger partial charge in [-0.25, -0.2) is 4.39 Å². The molecule has 0 radical (unpaired) electrons. The summed E-state index contributed by atoms with van der Waals surface area (Å²) in [4.78, 5) is 4.89. The van der Waals surface area contributed by atoms with Crippen molar-refractivity contribution in [1.82, 2.24) is 10.2 Å². The molecule has 0 amide bonds. The molecule has 0 atom stereocenters. The second kappa shape index (κ2) is 7.23. The number of anilines is 1. The number of halogens is 1. The molecule has 3 nitrogen and oxygen atoms in total. The number of piperazine rings is 1. The van der Waals surface area contributed by atoms with E-state index in [-0.39, 0.29) is 5.82 Å². The fourth-order valence-corrected chi connectivity index (χ4v) is 2.94. The van der Waals surface area contributed by atoms with Crippen LogP contribution in [0.4, 0.5) is 10.1 Å². The first-order chi connectivity index (χ1) is 10.3. The Morgan fingerprint density at radius 2 is 1.76 bits per heavy atom. The molecule has 1 aromatic rings. The van der Waals surface area contributed by atoms with E-state index in [1.807, 2.05) is 12.1 Å². The lowest BCUT2D eigenvalue weighted by Gasteiger charge is -2.36. The summed E-state index contributed by atoms with van der Waals surface area (Å²) in [6, 6.07) is 6.86. The van der Waals surface area contributed by atoms with Gasteiger partial charge in [-0.2, -0.15) is 0 Å². The van der Waals surface area contributed by atoms with Crippen LogP contribution in [0.3, 0.4) is 0 Å². The Labute approximate surface area is 127 Å². The van der Waals surface area contributed by atoms with E-state index < -0.39 is 0 Å². The van der Waals surface area contributed by atoms with E-state index in [2.05, 4.69) is 15.1 Å². The van der Waals surface area contributed by atoms with E-state index in [1.165, 1.54) is 32.4 Å². The molecule has 1 aliphatic carbocycles. The van der Waals surface area contributed by atoms with Crippen LogP contribution >= 0.6 is 0 Å². The maximum absolute atomic E-state index is 12.9. The predicted octanol–water partition coefficient (Wildman–Crippen LogP) is 2.34. The highest BCUT2D eigenvalue weighted by molar-refractivity contribution is 5.46. The minimum absolute atomic E-state index is 0.156. The molecular weight excluding hydrogens is 265 g/mol. The SMILES string of the molecule is Fc1ccc(N2CCN(CCCNCC3CC3)CC2)cc1. The van der Waals surface area contributed by atoms with Crippen LogP contribution in [-0.2, 0) is 0 Å². The maximum atomic E-state index is 12.9. The van der Waals surface area contributed by atoms with Gasteiger partial charge in [0.25, 0.3) is 0 Å². The van der Waals surface area contributed by atoms with E-state index in [0.29, 0.717) is 0 Å². The van der Waals surface area contributed by atoms with Gasteiger partial charge in [-0.1, -0.05) is 0 Å². The minimum Gasteiger partial charge on any atom is -0.369 e. The van der Waals surface area contributed by atoms with E-state index in [4.69, 9.17) is 0 Å². The highest BCUT2D eigenvalue weighted by atomic mass is 19.1. The molecular formula is C17H26FN3. The summed E-state index contributed by atoms with van der Waals surface area (Å²) in [5.41, 5.74) is 1.14. The molecule has 1 aliphatic heterocycles. The Kier molecular flexibility index (Phi) is 5.09. The largest absolute Gasteiger partial charge is 0.369 e. The summed E-state index contributed by atoms with van der Waals surface area (Å²) >= 11 is 0. The van der Waals surface area contributed by atoms with Crippen molar-refractivity contribution in [1.29, 1.82) is 0 Å². The molecule has 4 heteroatoms. The standard InChI is InChI=1S/C17H26FN3/c18-16-4-6-17(7-5-16)21-12-10-20(11-13-21)9-1-8-19-14-15-2-3-15/h4-7,15,19H,1-3,8-14H2. The first kappa shape index (κ1) is 14.8. The second-order valence-electron chi connectivity index (χ2n) is 6.31. The Balaban J connectivity index is 1.31. The monoisotopic (exact) mass is 291 g/mol. The smallest absolute Gasteiger partial charge is 0.123 e. The molecule has 2 fully saturated rings. The maximum Gasteiger partial charge on any atom is 0.123 e. The number of hydrogen-bond donors (Lipinski definition) is 1. The first-order valence-electron chi connectivity index (χ1n) is 8.25. The molecule has 2 aliphatic rings. The Morgan fingerprint density at radius 1 is 1.05 bits per heavy atom. The zero-order valence-corrected chi connectivity index (χ0v) is 12.7. The van der Waals surface area contributed by atoms with Crippen molar-refractivity contribution in [2.75, 3.05) is 50.7 Å². The molecule has 21 heavy (non-hydrogen) atoms. The average molecular weight is 291 g/mol. The van der Waals surface area contributed by atoms with E-state index in [0.717, 1.165) is 44.3 Å². The van der Waals surface area contributed by atoms with Gasteiger partial charge in [-0.3, -0.25) is 4.90 Å². The Morgan fingerprint density at radius 3 is 2.43 bits per heavy atom. The van der Waals surface area contributed by atoms with Crippen LogP contribution in [0.5, 0.6) is 0 Å². The van der Waals surface area contributed by atoms with E-state index >= 15 is 0 Å². The summed E-state index contributed by atoms with van der Waals surface area (Å²) in [7, 11) is 0. The van der Waals surface area contributed by atoms with Gasteiger partial charge in [0.2, 0.25) is 0 Å². The molecule has 0 unspecified atom stereocenters. The minimum atomic E-state index is -0.156. The lowest BCUT2D eigenvalue weighted by Crippen LogP contribution is -2.47. The normalized spacial score (nSPS) is 20.0. The molecule has 0 bridgehead atoms. The molecule has 0 spiro atoms. The number of rotatable bonds is 7. The van der Waals surface area contributed by atoms with E-state index in [1.54, 1.807) is 12.1 Å². The highest BCUT2D eigenvalue weighted by Gasteiger charge is 2.20. The van der Waals surface area contributed by atoms with Gasteiger partial charge in [-0.05, 0) is 69.1 Å². The fourth-order valence-electron chi connectivity index (χ4n) is 2.94. The van der Waals surface area contributed by atoms with Gasteiger partial charge in [0.05, 0.1) is 0 Å². The van der Waals surface area contributed by atoms with Crippen LogP contribution in [0.2, 0.25) is 0 Å². The molecule has 1 aromatic carbocycles. The number of hydrogen-bond acceptors (Lipinski definition) is 3. The van der Waals surface area contributed by atoms with Gasteiger partial charge < -0.3 is 10.2 Å². The van der Waals surface area contributed by atoms with Crippen molar-refractivity contribution in [3.05, 3.63) is 30.1 Å². The lowest BCUT2D eigenvalue weighted by atomic mass is 10.2. The Bertz CT molecular complexity index is 422. The van der Waals surface area contributed by atoms with Crippen molar-refractivity contribution in [3.8, 4) is 0 Å². The van der Waals surface area contributed by atoms with Gasteiger partial charge >= 0.3 is 0 Å². The quantitative estimate of drug-likeness (QED) is 0.778.